The molecule has 1 amide bonds. The Kier molecular flexibility index (Phi) is 9.23. The Bertz CT molecular complexity index is 2360. The number of pyridine rings is 1. The molecule has 3 aliphatic rings. The molecule has 284 valence electrons. The lowest BCUT2D eigenvalue weighted by Gasteiger charge is -2.24. The molecule has 3 atom stereocenters. The summed E-state index contributed by atoms with van der Waals surface area (Å²) in [4.78, 5) is 18.6. The molecule has 4 aromatic rings. The van der Waals surface area contributed by atoms with E-state index in [0.29, 0.717) is 32.9 Å². The van der Waals surface area contributed by atoms with Gasteiger partial charge in [-0.3, -0.25) is 14.2 Å². The molecule has 0 saturated heterocycles. The number of amides is 1. The molecule has 54 heavy (non-hydrogen) atoms. The van der Waals surface area contributed by atoms with Gasteiger partial charge in [0.05, 0.1) is 22.8 Å². The second kappa shape index (κ2) is 13.4. The Hall–Kier alpha value is -5.04. The van der Waals surface area contributed by atoms with E-state index < -0.39 is 77.7 Å². The second-order valence-electron chi connectivity index (χ2n) is 14.5. The normalized spacial score (nSPS) is 19.0. The molecule has 16 heteroatoms. The number of benzene rings is 1. The highest BCUT2D eigenvalue weighted by atomic mass is 19.3. The molecular weight excluding hydrogens is 724 g/mol. The van der Waals surface area contributed by atoms with Gasteiger partial charge in [-0.15, -0.1) is 0 Å². The molecule has 1 saturated carbocycles. The quantitative estimate of drug-likeness (QED) is 0.177. The minimum atomic E-state index is -3.49. The first-order valence-corrected chi connectivity index (χ1v) is 17.2. The van der Waals surface area contributed by atoms with Gasteiger partial charge in [0.15, 0.2) is 0 Å². The van der Waals surface area contributed by atoms with E-state index in [4.69, 9.17) is 4.98 Å². The van der Waals surface area contributed by atoms with E-state index >= 15 is 8.78 Å². The number of carbonyl (C=O) groups excluding carboxylic acids is 1. The number of rotatable bonds is 9. The second-order valence-corrected chi connectivity index (χ2v) is 14.5. The van der Waals surface area contributed by atoms with Crippen LogP contribution >= 0.6 is 0 Å². The van der Waals surface area contributed by atoms with Gasteiger partial charge in [-0.05, 0) is 93.7 Å². The standard InChI is InChI=1S/C38H34F8N6O2/c1-17-29-24(35(41)42)8-7-23(33(29)51(4)49-17)22-6-5-21(9-10-37(2,3)54)47-31(22)27(13-18-11-19(39)14-20(40)12-18)48-28(53)16-52-34-30(32(50-52)36(43)44)25-15-26(25)38(34,45)46/h5-6,11-12,14,25-27,35-36,54H,7-8,13,15-16H2,1-4H3,(H,48,53)/t25-,26+,27-/m0/s1. The maximum atomic E-state index is 15.3. The molecule has 2 N–H and O–H groups in total. The summed E-state index contributed by atoms with van der Waals surface area (Å²) in [7, 11) is 1.58. The van der Waals surface area contributed by atoms with E-state index in [1.165, 1.54) is 24.6 Å². The number of nitrogens with zero attached hydrogens (tertiary/aromatic N) is 5. The first-order valence-electron chi connectivity index (χ1n) is 17.2. The molecular formula is C38H34F8N6O2. The monoisotopic (exact) mass is 758 g/mol. The summed E-state index contributed by atoms with van der Waals surface area (Å²) in [6.07, 6.45) is -6.19. The summed E-state index contributed by atoms with van der Waals surface area (Å²) in [5, 5.41) is 21.7. The SMILES string of the molecule is Cc1nn(C)c2c1=C(C(F)F)CCC=2c1ccc(C#CC(C)(C)O)nc1[C@H](Cc1cc(F)cc(F)c1)NC(=O)Cn1nc(C(F)F)c2c1C(F)(F)[C@@H]1C[C@H]21. The third-order valence-corrected chi connectivity index (χ3v) is 9.97. The number of aromatic nitrogens is 5. The van der Waals surface area contributed by atoms with Gasteiger partial charge in [-0.25, -0.2) is 31.3 Å². The van der Waals surface area contributed by atoms with Crippen molar-refractivity contribution in [3.05, 3.63) is 97.7 Å². The minimum absolute atomic E-state index is 0.0261. The lowest BCUT2D eigenvalue weighted by atomic mass is 9.88. The molecule has 0 spiro atoms. The van der Waals surface area contributed by atoms with Crippen LogP contribution in [0, 0.1) is 36.3 Å². The minimum Gasteiger partial charge on any atom is -0.378 e. The predicted octanol–water partition coefficient (Wildman–Crippen LogP) is 5.38. The molecule has 1 fully saturated rings. The van der Waals surface area contributed by atoms with Crippen LogP contribution in [0.5, 0.6) is 0 Å². The summed E-state index contributed by atoms with van der Waals surface area (Å²) in [6.45, 7) is 3.58. The zero-order valence-corrected chi connectivity index (χ0v) is 29.4. The molecule has 1 aromatic carbocycles. The molecule has 0 aliphatic heterocycles. The van der Waals surface area contributed by atoms with Gasteiger partial charge in [0.2, 0.25) is 5.91 Å². The predicted molar refractivity (Wildman–Crippen MR) is 179 cm³/mol. The van der Waals surface area contributed by atoms with E-state index in [2.05, 4.69) is 27.4 Å². The highest BCUT2D eigenvalue weighted by Gasteiger charge is 2.67. The molecule has 0 radical (unpaired) electrons. The fraction of sp³-hybridized carbons (Fsp3) is 0.421. The van der Waals surface area contributed by atoms with Crippen LogP contribution in [0.1, 0.15) is 96.7 Å². The zero-order chi connectivity index (χ0) is 39.0. The number of halogens is 8. The Morgan fingerprint density at radius 1 is 1.06 bits per heavy atom. The molecule has 8 nitrogen and oxygen atoms in total. The summed E-state index contributed by atoms with van der Waals surface area (Å²) < 4.78 is 118. The van der Waals surface area contributed by atoms with Gasteiger partial charge < -0.3 is 10.4 Å². The third kappa shape index (κ3) is 6.78. The Morgan fingerprint density at radius 2 is 1.76 bits per heavy atom. The van der Waals surface area contributed by atoms with Crippen LogP contribution in [0.25, 0.3) is 11.1 Å². The topological polar surface area (TPSA) is 97.9 Å². The highest BCUT2D eigenvalue weighted by Crippen LogP contribution is 2.68. The van der Waals surface area contributed by atoms with Crippen molar-refractivity contribution in [3.8, 4) is 11.8 Å². The van der Waals surface area contributed by atoms with E-state index in [0.717, 1.165) is 12.1 Å². The number of aryl methyl sites for hydroxylation is 2. The van der Waals surface area contributed by atoms with Crippen molar-refractivity contribution in [1.82, 2.24) is 29.9 Å². The van der Waals surface area contributed by atoms with Crippen LogP contribution in [-0.2, 0) is 30.7 Å². The van der Waals surface area contributed by atoms with Crippen LogP contribution in [0.4, 0.5) is 35.1 Å². The highest BCUT2D eigenvalue weighted by molar-refractivity contribution is 5.78. The molecule has 0 bridgehead atoms. The number of carbonyl (C=O) groups is 1. The van der Waals surface area contributed by atoms with Gasteiger partial charge in [0.1, 0.15) is 40.9 Å². The van der Waals surface area contributed by atoms with Crippen LogP contribution in [0.15, 0.2) is 30.3 Å². The number of hydrogen-bond acceptors (Lipinski definition) is 5. The first kappa shape index (κ1) is 37.3. The Labute approximate surface area is 303 Å². The van der Waals surface area contributed by atoms with Crippen molar-refractivity contribution in [2.24, 2.45) is 13.0 Å². The van der Waals surface area contributed by atoms with Crippen molar-refractivity contribution in [3.63, 3.8) is 0 Å². The van der Waals surface area contributed by atoms with Crippen molar-refractivity contribution < 1.29 is 45.0 Å². The van der Waals surface area contributed by atoms with E-state index in [1.807, 2.05) is 0 Å². The average molecular weight is 759 g/mol. The number of aliphatic hydroxyl groups is 1. The van der Waals surface area contributed by atoms with Crippen LogP contribution < -0.4 is 15.9 Å². The van der Waals surface area contributed by atoms with Gasteiger partial charge >= 0.3 is 0 Å². The van der Waals surface area contributed by atoms with Gasteiger partial charge in [0.25, 0.3) is 18.8 Å². The number of hydrogen-bond donors (Lipinski definition) is 2. The first-order chi connectivity index (χ1) is 25.3. The fourth-order valence-corrected chi connectivity index (χ4v) is 7.79. The van der Waals surface area contributed by atoms with Crippen LogP contribution in [0.2, 0.25) is 0 Å². The number of fused-ring (bicyclic) bond motifs is 4. The van der Waals surface area contributed by atoms with E-state index in [1.54, 1.807) is 20.0 Å². The molecule has 3 aliphatic carbocycles. The largest absolute Gasteiger partial charge is 0.378 e. The average Bonchev–Trinajstić information content (AvgIpc) is 3.63. The van der Waals surface area contributed by atoms with E-state index in [9.17, 15) is 36.2 Å². The van der Waals surface area contributed by atoms with Gasteiger partial charge in [-0.1, -0.05) is 5.92 Å². The lowest BCUT2D eigenvalue weighted by molar-refractivity contribution is -0.123. The number of nitrogens with one attached hydrogen (secondary N) is 1. The van der Waals surface area contributed by atoms with Crippen molar-refractivity contribution >= 4 is 17.1 Å². The Morgan fingerprint density at radius 3 is 2.41 bits per heavy atom. The Balaban J connectivity index is 1.39. The maximum Gasteiger partial charge on any atom is 0.293 e. The summed E-state index contributed by atoms with van der Waals surface area (Å²) in [6, 6.07) is 4.55. The lowest BCUT2D eigenvalue weighted by Crippen LogP contribution is -2.39. The zero-order valence-electron chi connectivity index (χ0n) is 29.4. The van der Waals surface area contributed by atoms with Crippen LogP contribution in [-0.4, -0.2) is 47.6 Å². The molecule has 3 aromatic heterocycles. The molecule has 3 heterocycles. The maximum absolute atomic E-state index is 15.3. The summed E-state index contributed by atoms with van der Waals surface area (Å²) in [5.74, 6) is -2.85. The smallest absolute Gasteiger partial charge is 0.293 e. The fourth-order valence-electron chi connectivity index (χ4n) is 7.79. The van der Waals surface area contributed by atoms with Gasteiger partial charge in [-0.2, -0.15) is 19.0 Å². The van der Waals surface area contributed by atoms with Crippen molar-refractivity contribution in [2.45, 2.75) is 89.3 Å². The molecule has 7 rings (SSSR count). The van der Waals surface area contributed by atoms with Crippen molar-refractivity contribution in [1.29, 1.82) is 0 Å². The van der Waals surface area contributed by atoms with Crippen LogP contribution in [0.3, 0.4) is 0 Å². The number of alkyl halides is 6. The van der Waals surface area contributed by atoms with E-state index in [-0.39, 0.29) is 59.0 Å². The van der Waals surface area contributed by atoms with Crippen molar-refractivity contribution in [2.75, 3.05) is 0 Å². The third-order valence-electron chi connectivity index (χ3n) is 9.97. The summed E-state index contributed by atoms with van der Waals surface area (Å²) >= 11 is 0. The summed E-state index contributed by atoms with van der Waals surface area (Å²) in [5.41, 5.74) is -1.93. The molecule has 0 unspecified atom stereocenters. The van der Waals surface area contributed by atoms with Gasteiger partial charge in [0, 0.05) is 41.0 Å².